The van der Waals surface area contributed by atoms with Gasteiger partial charge in [0.15, 0.2) is 5.84 Å². The van der Waals surface area contributed by atoms with Crippen LogP contribution in [0.25, 0.3) is 21.6 Å². The van der Waals surface area contributed by atoms with E-state index in [1.807, 2.05) is 58.9 Å². The Bertz CT molecular complexity index is 1130. The van der Waals surface area contributed by atoms with Crippen LogP contribution in [0, 0.1) is 0 Å². The number of amidine groups is 1. The summed E-state index contributed by atoms with van der Waals surface area (Å²) in [7, 11) is 0. The number of fused-ring (bicyclic) bond motifs is 2. The van der Waals surface area contributed by atoms with Crippen molar-refractivity contribution < 1.29 is 14.7 Å². The number of hydrogen-bond donors (Lipinski definition) is 4. The van der Waals surface area contributed by atoms with Gasteiger partial charge in [0.05, 0.1) is 11.4 Å². The average molecular weight is 458 g/mol. The fourth-order valence-electron chi connectivity index (χ4n) is 3.55. The van der Waals surface area contributed by atoms with Gasteiger partial charge in [0, 0.05) is 33.8 Å². The summed E-state index contributed by atoms with van der Waals surface area (Å²) in [6, 6.07) is 7.69. The van der Waals surface area contributed by atoms with Crippen molar-refractivity contribution in [2.75, 3.05) is 0 Å². The molecule has 32 heavy (non-hydrogen) atoms. The number of thiazole rings is 1. The smallest absolute Gasteiger partial charge is 0.407 e. The Morgan fingerprint density at radius 2 is 2.09 bits per heavy atom. The number of nitrogens with two attached hydrogens (primary N) is 1. The van der Waals surface area contributed by atoms with E-state index in [0.717, 1.165) is 46.6 Å². The Morgan fingerprint density at radius 3 is 2.78 bits per heavy atom. The van der Waals surface area contributed by atoms with Crippen LogP contribution < -0.4 is 11.1 Å². The minimum Gasteiger partial charge on any atom is -0.444 e. The molecule has 0 bridgehead atoms. The summed E-state index contributed by atoms with van der Waals surface area (Å²) < 4.78 is 5.37. The minimum absolute atomic E-state index is 0.0478. The second-order valence-electron chi connectivity index (χ2n) is 8.45. The van der Waals surface area contributed by atoms with Gasteiger partial charge in [0.25, 0.3) is 0 Å². The SMILES string of the molecule is CC.CC(C)(C)OC(=O)NC1CCc2nc(-c3cc4ccc(/C(N)=N\O)cc4[nH]3)sc2C1. The summed E-state index contributed by atoms with van der Waals surface area (Å²) in [5.74, 6) is 0.0706. The highest BCUT2D eigenvalue weighted by Crippen LogP contribution is 2.34. The number of amides is 1. The van der Waals surface area contributed by atoms with Crippen LogP contribution in [0.15, 0.2) is 29.4 Å². The standard InChI is InChI=1S/C21H25N5O3S.C2H6/c1-21(2,3)29-20(27)23-13-6-7-14-17(10-13)30-19(25-14)16-8-11-4-5-12(18(22)26-28)9-15(11)24-16;1-2/h4-5,8-9,13,24,28H,6-7,10H2,1-3H3,(H2,22,26)(H,23,27);1-2H3. The quantitative estimate of drug-likeness (QED) is 0.195. The maximum absolute atomic E-state index is 12.1. The highest BCUT2D eigenvalue weighted by molar-refractivity contribution is 7.15. The number of oxime groups is 1. The molecule has 0 radical (unpaired) electrons. The topological polar surface area (TPSA) is 126 Å². The van der Waals surface area contributed by atoms with Gasteiger partial charge in [-0.1, -0.05) is 31.1 Å². The predicted octanol–water partition coefficient (Wildman–Crippen LogP) is 4.79. The van der Waals surface area contributed by atoms with Crippen LogP contribution in [-0.2, 0) is 17.6 Å². The van der Waals surface area contributed by atoms with Crippen molar-refractivity contribution in [1.82, 2.24) is 15.3 Å². The van der Waals surface area contributed by atoms with Crippen molar-refractivity contribution in [2.24, 2.45) is 10.9 Å². The zero-order valence-electron chi connectivity index (χ0n) is 19.2. The number of hydrogen-bond acceptors (Lipinski definition) is 6. The van der Waals surface area contributed by atoms with Gasteiger partial charge in [0.1, 0.15) is 10.6 Å². The molecule has 1 atom stereocenters. The van der Waals surface area contributed by atoms with Crippen molar-refractivity contribution in [2.45, 2.75) is 65.5 Å². The molecule has 3 aromatic rings. The van der Waals surface area contributed by atoms with Gasteiger partial charge < -0.3 is 26.0 Å². The fourth-order valence-corrected chi connectivity index (χ4v) is 4.71. The molecule has 1 aromatic carbocycles. The molecule has 2 aromatic heterocycles. The van der Waals surface area contributed by atoms with Gasteiger partial charge in [0.2, 0.25) is 0 Å². The summed E-state index contributed by atoms with van der Waals surface area (Å²) in [5.41, 5.74) is 8.74. The molecule has 0 aliphatic heterocycles. The molecule has 4 rings (SSSR count). The Hall–Kier alpha value is -3.07. The molecule has 2 heterocycles. The van der Waals surface area contributed by atoms with Crippen molar-refractivity contribution in [3.05, 3.63) is 40.4 Å². The third kappa shape index (κ3) is 5.40. The highest BCUT2D eigenvalue weighted by atomic mass is 32.1. The first-order chi connectivity index (χ1) is 15.2. The predicted molar refractivity (Wildman–Crippen MR) is 128 cm³/mol. The number of H-pyrrole nitrogens is 1. The second kappa shape index (κ2) is 9.60. The summed E-state index contributed by atoms with van der Waals surface area (Å²) in [5, 5.41) is 16.8. The average Bonchev–Trinajstić information content (AvgIpc) is 3.36. The van der Waals surface area contributed by atoms with Crippen LogP contribution in [0.4, 0.5) is 4.79 Å². The van der Waals surface area contributed by atoms with E-state index >= 15 is 0 Å². The van der Waals surface area contributed by atoms with Crippen LogP contribution in [0.5, 0.6) is 0 Å². The molecule has 0 saturated carbocycles. The number of carbonyl (C=O) groups excluding carboxylic acids is 1. The summed E-state index contributed by atoms with van der Waals surface area (Å²) in [4.78, 5) is 21.5. The summed E-state index contributed by atoms with van der Waals surface area (Å²) in [6.45, 7) is 9.57. The molecular weight excluding hydrogens is 426 g/mol. The second-order valence-corrected chi connectivity index (χ2v) is 9.53. The van der Waals surface area contributed by atoms with Crippen molar-refractivity contribution >= 4 is 34.2 Å². The molecule has 0 saturated heterocycles. The van der Waals surface area contributed by atoms with Gasteiger partial charge >= 0.3 is 6.09 Å². The van der Waals surface area contributed by atoms with Crippen LogP contribution in [0.1, 0.15) is 57.2 Å². The third-order valence-electron chi connectivity index (χ3n) is 4.92. The number of benzene rings is 1. The molecule has 9 heteroatoms. The molecule has 8 nitrogen and oxygen atoms in total. The molecule has 0 spiro atoms. The lowest BCUT2D eigenvalue weighted by Crippen LogP contribution is -2.41. The number of aromatic nitrogens is 2. The zero-order valence-corrected chi connectivity index (χ0v) is 20.0. The number of carbonyl (C=O) groups is 1. The van der Waals surface area contributed by atoms with Crippen LogP contribution in [-0.4, -0.2) is 38.7 Å². The summed E-state index contributed by atoms with van der Waals surface area (Å²) in [6.07, 6.45) is 2.03. The van der Waals surface area contributed by atoms with E-state index in [-0.39, 0.29) is 18.0 Å². The Morgan fingerprint density at radius 1 is 1.34 bits per heavy atom. The lowest BCUT2D eigenvalue weighted by Gasteiger charge is -2.25. The van der Waals surface area contributed by atoms with E-state index in [1.54, 1.807) is 11.3 Å². The van der Waals surface area contributed by atoms with E-state index in [2.05, 4.69) is 15.5 Å². The Kier molecular flexibility index (Phi) is 7.08. The van der Waals surface area contributed by atoms with E-state index in [9.17, 15) is 4.79 Å². The minimum atomic E-state index is -0.509. The lowest BCUT2D eigenvalue weighted by atomic mass is 9.98. The van der Waals surface area contributed by atoms with Gasteiger partial charge in [-0.2, -0.15) is 0 Å². The van der Waals surface area contributed by atoms with Crippen LogP contribution in [0.3, 0.4) is 0 Å². The first kappa shape index (κ1) is 23.6. The number of aromatic amines is 1. The number of rotatable bonds is 3. The van der Waals surface area contributed by atoms with E-state index in [4.69, 9.17) is 20.7 Å². The van der Waals surface area contributed by atoms with Crippen molar-refractivity contribution in [3.63, 3.8) is 0 Å². The number of aryl methyl sites for hydroxylation is 1. The molecule has 1 amide bonds. The lowest BCUT2D eigenvalue weighted by molar-refractivity contribution is 0.0500. The Labute approximate surface area is 191 Å². The maximum Gasteiger partial charge on any atom is 0.407 e. The first-order valence-electron chi connectivity index (χ1n) is 10.8. The molecular formula is C23H31N5O3S. The Balaban J connectivity index is 0.00000141. The summed E-state index contributed by atoms with van der Waals surface area (Å²) >= 11 is 1.64. The van der Waals surface area contributed by atoms with Gasteiger partial charge in [-0.3, -0.25) is 0 Å². The molecule has 1 aliphatic carbocycles. The highest BCUT2D eigenvalue weighted by Gasteiger charge is 2.26. The largest absolute Gasteiger partial charge is 0.444 e. The normalized spacial score (nSPS) is 16.2. The number of nitrogens with zero attached hydrogens (tertiary/aromatic N) is 2. The molecule has 1 aliphatic rings. The fraction of sp³-hybridized carbons (Fsp3) is 0.435. The van der Waals surface area contributed by atoms with Crippen molar-refractivity contribution in [3.8, 4) is 10.7 Å². The van der Waals surface area contributed by atoms with Gasteiger partial charge in [-0.05, 0) is 45.7 Å². The van der Waals surface area contributed by atoms with Crippen molar-refractivity contribution in [1.29, 1.82) is 0 Å². The van der Waals surface area contributed by atoms with E-state index < -0.39 is 5.60 Å². The van der Waals surface area contributed by atoms with Gasteiger partial charge in [-0.15, -0.1) is 11.3 Å². The van der Waals surface area contributed by atoms with E-state index in [0.29, 0.717) is 5.56 Å². The number of alkyl carbamates (subject to hydrolysis) is 1. The number of ether oxygens (including phenoxy) is 1. The van der Waals surface area contributed by atoms with E-state index in [1.165, 1.54) is 4.88 Å². The first-order valence-corrected chi connectivity index (χ1v) is 11.6. The molecule has 1 unspecified atom stereocenters. The maximum atomic E-state index is 12.1. The monoisotopic (exact) mass is 457 g/mol. The van der Waals surface area contributed by atoms with Gasteiger partial charge in [-0.25, -0.2) is 9.78 Å². The third-order valence-corrected chi connectivity index (χ3v) is 6.07. The molecule has 0 fully saturated rings. The van der Waals surface area contributed by atoms with Crippen LogP contribution in [0.2, 0.25) is 0 Å². The molecule has 172 valence electrons. The number of nitrogens with one attached hydrogen (secondary N) is 2. The zero-order chi connectivity index (χ0) is 23.5. The van der Waals surface area contributed by atoms with Crippen LogP contribution >= 0.6 is 11.3 Å². The molecule has 5 N–H and O–H groups in total.